The molecule has 1 fully saturated rings. The van der Waals surface area contributed by atoms with Gasteiger partial charge in [-0.05, 0) is 74.2 Å². The monoisotopic (exact) mass is 408 g/mol. The van der Waals surface area contributed by atoms with Crippen molar-refractivity contribution in [1.82, 2.24) is 4.90 Å². The van der Waals surface area contributed by atoms with Crippen molar-refractivity contribution in [3.05, 3.63) is 59.7 Å². The van der Waals surface area contributed by atoms with Crippen molar-refractivity contribution in [2.24, 2.45) is 0 Å². The fourth-order valence-electron chi connectivity index (χ4n) is 3.60. The fourth-order valence-corrected chi connectivity index (χ4v) is 3.60. The van der Waals surface area contributed by atoms with Crippen LogP contribution in [0.2, 0.25) is 0 Å². The van der Waals surface area contributed by atoms with Gasteiger partial charge in [0, 0.05) is 29.9 Å². The molecule has 5 nitrogen and oxygen atoms in total. The number of rotatable bonds is 9. The molecule has 2 amide bonds. The van der Waals surface area contributed by atoms with Crippen LogP contribution in [0.1, 0.15) is 72.6 Å². The predicted molar refractivity (Wildman–Crippen MR) is 120 cm³/mol. The number of benzene rings is 2. The Labute approximate surface area is 179 Å². The topological polar surface area (TPSA) is 58.6 Å². The minimum absolute atomic E-state index is 0.0675. The van der Waals surface area contributed by atoms with Gasteiger partial charge in [0.2, 0.25) is 0 Å². The molecule has 0 bridgehead atoms. The number of hydrogen-bond donors (Lipinski definition) is 1. The number of unbranched alkanes of at least 4 members (excludes halogenated alkanes) is 3. The van der Waals surface area contributed by atoms with Crippen molar-refractivity contribution < 1.29 is 14.3 Å². The first kappa shape index (κ1) is 21.9. The Morgan fingerprint density at radius 2 is 1.53 bits per heavy atom. The summed E-state index contributed by atoms with van der Waals surface area (Å²) < 4.78 is 5.72. The maximum atomic E-state index is 12.5. The van der Waals surface area contributed by atoms with Crippen LogP contribution in [0.4, 0.5) is 5.69 Å². The molecule has 1 saturated heterocycles. The minimum atomic E-state index is -0.181. The molecule has 0 unspecified atom stereocenters. The van der Waals surface area contributed by atoms with Crippen LogP contribution < -0.4 is 10.1 Å². The molecule has 30 heavy (non-hydrogen) atoms. The van der Waals surface area contributed by atoms with Crippen LogP contribution in [0.15, 0.2) is 48.5 Å². The van der Waals surface area contributed by atoms with Crippen molar-refractivity contribution in [3.63, 3.8) is 0 Å². The van der Waals surface area contributed by atoms with E-state index in [0.717, 1.165) is 38.1 Å². The van der Waals surface area contributed by atoms with E-state index >= 15 is 0 Å². The summed E-state index contributed by atoms with van der Waals surface area (Å²) in [5, 5.41) is 2.89. The Balaban J connectivity index is 1.49. The highest BCUT2D eigenvalue weighted by Gasteiger charge is 2.18. The molecule has 1 aliphatic heterocycles. The number of amides is 2. The quantitative estimate of drug-likeness (QED) is 0.556. The molecule has 0 saturated carbocycles. The smallest absolute Gasteiger partial charge is 0.255 e. The molecular weight excluding hydrogens is 376 g/mol. The average molecular weight is 409 g/mol. The second-order valence-electron chi connectivity index (χ2n) is 7.82. The first-order valence-corrected chi connectivity index (χ1v) is 11.1. The van der Waals surface area contributed by atoms with E-state index in [0.29, 0.717) is 23.4 Å². The fraction of sp³-hybridized carbons (Fsp3) is 0.440. The molecule has 1 heterocycles. The van der Waals surface area contributed by atoms with Crippen LogP contribution >= 0.6 is 0 Å². The molecule has 2 aromatic rings. The third-order valence-electron chi connectivity index (χ3n) is 5.42. The third kappa shape index (κ3) is 6.34. The Hall–Kier alpha value is -2.82. The van der Waals surface area contributed by atoms with E-state index < -0.39 is 0 Å². The van der Waals surface area contributed by atoms with E-state index in [1.807, 2.05) is 17.0 Å². The van der Waals surface area contributed by atoms with E-state index in [9.17, 15) is 9.59 Å². The average Bonchev–Trinajstić information content (AvgIpc) is 2.80. The van der Waals surface area contributed by atoms with E-state index in [-0.39, 0.29) is 11.8 Å². The van der Waals surface area contributed by atoms with Gasteiger partial charge in [0.15, 0.2) is 0 Å². The van der Waals surface area contributed by atoms with Crippen molar-refractivity contribution in [2.75, 3.05) is 25.0 Å². The standard InChI is InChI=1S/C25H32N2O3/c1-2-3-4-8-19-30-23-15-11-20(12-16-23)24(28)26-22-13-9-21(10-14-22)25(29)27-17-6-5-7-18-27/h9-16H,2-8,17-19H2,1H3,(H,26,28). The predicted octanol–water partition coefficient (Wildman–Crippen LogP) is 5.52. The summed E-state index contributed by atoms with van der Waals surface area (Å²) in [6, 6.07) is 14.3. The SMILES string of the molecule is CCCCCCOc1ccc(C(=O)Nc2ccc(C(=O)N3CCCCC3)cc2)cc1. The highest BCUT2D eigenvalue weighted by Crippen LogP contribution is 2.17. The summed E-state index contributed by atoms with van der Waals surface area (Å²) in [4.78, 5) is 26.9. The number of carbonyl (C=O) groups excluding carboxylic acids is 2. The summed E-state index contributed by atoms with van der Waals surface area (Å²) >= 11 is 0. The van der Waals surface area contributed by atoms with Crippen LogP contribution in [-0.4, -0.2) is 36.4 Å². The van der Waals surface area contributed by atoms with Crippen LogP contribution in [0.5, 0.6) is 5.75 Å². The Morgan fingerprint density at radius 1 is 0.867 bits per heavy atom. The molecule has 1 N–H and O–H groups in total. The molecule has 0 atom stereocenters. The van der Waals surface area contributed by atoms with Gasteiger partial charge in [-0.15, -0.1) is 0 Å². The lowest BCUT2D eigenvalue weighted by molar-refractivity contribution is 0.0724. The van der Waals surface area contributed by atoms with Crippen LogP contribution in [0, 0.1) is 0 Å². The number of likely N-dealkylation sites (tertiary alicyclic amines) is 1. The summed E-state index contributed by atoms with van der Waals surface area (Å²) in [6.45, 7) is 4.55. The van der Waals surface area contributed by atoms with Gasteiger partial charge in [0.05, 0.1) is 6.61 Å². The molecular formula is C25H32N2O3. The van der Waals surface area contributed by atoms with E-state index in [1.54, 1.807) is 36.4 Å². The molecule has 0 spiro atoms. The van der Waals surface area contributed by atoms with Crippen molar-refractivity contribution in [3.8, 4) is 5.75 Å². The molecule has 5 heteroatoms. The first-order chi connectivity index (χ1) is 14.7. The van der Waals surface area contributed by atoms with Crippen molar-refractivity contribution in [1.29, 1.82) is 0 Å². The summed E-state index contributed by atoms with van der Waals surface area (Å²) in [5.41, 5.74) is 1.91. The largest absolute Gasteiger partial charge is 0.494 e. The number of ether oxygens (including phenoxy) is 1. The summed E-state index contributed by atoms with van der Waals surface area (Å²) in [7, 11) is 0. The zero-order chi connectivity index (χ0) is 21.2. The van der Waals surface area contributed by atoms with Crippen LogP contribution in [0.25, 0.3) is 0 Å². The van der Waals surface area contributed by atoms with Gasteiger partial charge in [-0.25, -0.2) is 0 Å². The number of anilines is 1. The van der Waals surface area contributed by atoms with Gasteiger partial charge in [0.1, 0.15) is 5.75 Å². The zero-order valence-corrected chi connectivity index (χ0v) is 17.9. The molecule has 0 radical (unpaired) electrons. The Morgan fingerprint density at radius 3 is 2.20 bits per heavy atom. The van der Waals surface area contributed by atoms with Gasteiger partial charge in [-0.1, -0.05) is 26.2 Å². The van der Waals surface area contributed by atoms with Crippen molar-refractivity contribution in [2.45, 2.75) is 51.9 Å². The normalized spacial score (nSPS) is 13.7. The summed E-state index contributed by atoms with van der Waals surface area (Å²) in [5.74, 6) is 0.668. The van der Waals surface area contributed by atoms with Crippen LogP contribution in [-0.2, 0) is 0 Å². The Kier molecular flexibility index (Phi) is 8.30. The highest BCUT2D eigenvalue weighted by atomic mass is 16.5. The number of nitrogens with zero attached hydrogens (tertiary/aromatic N) is 1. The van der Waals surface area contributed by atoms with E-state index in [1.165, 1.54) is 25.7 Å². The minimum Gasteiger partial charge on any atom is -0.494 e. The lowest BCUT2D eigenvalue weighted by atomic mass is 10.1. The lowest BCUT2D eigenvalue weighted by Crippen LogP contribution is -2.35. The third-order valence-corrected chi connectivity index (χ3v) is 5.42. The van der Waals surface area contributed by atoms with Gasteiger partial charge >= 0.3 is 0 Å². The van der Waals surface area contributed by atoms with Gasteiger partial charge < -0.3 is 15.0 Å². The lowest BCUT2D eigenvalue weighted by Gasteiger charge is -2.26. The Bertz CT molecular complexity index is 809. The van der Waals surface area contributed by atoms with Gasteiger partial charge in [-0.2, -0.15) is 0 Å². The molecule has 0 aliphatic carbocycles. The van der Waals surface area contributed by atoms with Crippen molar-refractivity contribution >= 4 is 17.5 Å². The first-order valence-electron chi connectivity index (χ1n) is 11.1. The molecule has 3 rings (SSSR count). The maximum absolute atomic E-state index is 12.5. The molecule has 0 aromatic heterocycles. The number of nitrogens with one attached hydrogen (secondary N) is 1. The number of hydrogen-bond acceptors (Lipinski definition) is 3. The second kappa shape index (κ2) is 11.4. The number of piperidine rings is 1. The van der Waals surface area contributed by atoms with E-state index in [2.05, 4.69) is 12.2 Å². The summed E-state index contributed by atoms with van der Waals surface area (Å²) in [6.07, 6.45) is 8.01. The van der Waals surface area contributed by atoms with Gasteiger partial charge in [-0.3, -0.25) is 9.59 Å². The van der Waals surface area contributed by atoms with Gasteiger partial charge in [0.25, 0.3) is 11.8 Å². The highest BCUT2D eigenvalue weighted by molar-refractivity contribution is 6.04. The zero-order valence-electron chi connectivity index (χ0n) is 17.9. The molecule has 2 aromatic carbocycles. The van der Waals surface area contributed by atoms with Crippen LogP contribution in [0.3, 0.4) is 0 Å². The molecule has 160 valence electrons. The molecule has 1 aliphatic rings. The number of carbonyl (C=O) groups is 2. The maximum Gasteiger partial charge on any atom is 0.255 e. The second-order valence-corrected chi connectivity index (χ2v) is 7.82. The van der Waals surface area contributed by atoms with E-state index in [4.69, 9.17) is 4.74 Å².